The molecular formula is C11H8FNO. The number of rotatable bonds is 1. The molecule has 0 unspecified atom stereocenters. The molecule has 0 heterocycles. The highest BCUT2D eigenvalue weighted by atomic mass is 19.1. The van der Waals surface area contributed by atoms with Crippen molar-refractivity contribution in [1.29, 1.82) is 5.26 Å². The lowest BCUT2D eigenvalue weighted by Crippen LogP contribution is -1.87. The SMILES string of the molecule is N#CCC#Cc1cc(F)cc(CO)c1. The first-order valence-electron chi connectivity index (χ1n) is 4.02. The Morgan fingerprint density at radius 3 is 2.79 bits per heavy atom. The van der Waals surface area contributed by atoms with E-state index in [1.165, 1.54) is 12.1 Å². The molecule has 2 nitrogen and oxygen atoms in total. The second-order valence-electron chi connectivity index (χ2n) is 2.64. The molecular weight excluding hydrogens is 181 g/mol. The van der Waals surface area contributed by atoms with Gasteiger partial charge in [-0.2, -0.15) is 5.26 Å². The third-order valence-electron chi connectivity index (χ3n) is 1.54. The van der Waals surface area contributed by atoms with Crippen molar-refractivity contribution in [2.45, 2.75) is 13.0 Å². The zero-order valence-corrected chi connectivity index (χ0v) is 7.42. The van der Waals surface area contributed by atoms with Gasteiger partial charge in [0, 0.05) is 5.56 Å². The Morgan fingerprint density at radius 2 is 2.14 bits per heavy atom. The van der Waals surface area contributed by atoms with E-state index in [1.54, 1.807) is 6.07 Å². The van der Waals surface area contributed by atoms with Crippen molar-refractivity contribution in [3.63, 3.8) is 0 Å². The molecule has 0 aliphatic heterocycles. The van der Waals surface area contributed by atoms with Crippen LogP contribution in [0.3, 0.4) is 0 Å². The highest BCUT2D eigenvalue weighted by molar-refractivity contribution is 5.37. The second-order valence-corrected chi connectivity index (χ2v) is 2.64. The Kier molecular flexibility index (Phi) is 3.67. The molecule has 0 aliphatic rings. The maximum absolute atomic E-state index is 12.9. The van der Waals surface area contributed by atoms with Crippen LogP contribution in [-0.2, 0) is 6.61 Å². The van der Waals surface area contributed by atoms with Crippen LogP contribution in [0, 0.1) is 29.0 Å². The van der Waals surface area contributed by atoms with Gasteiger partial charge in [-0.05, 0) is 23.8 Å². The van der Waals surface area contributed by atoms with Gasteiger partial charge in [0.05, 0.1) is 19.1 Å². The van der Waals surface area contributed by atoms with Gasteiger partial charge in [0.15, 0.2) is 0 Å². The van der Waals surface area contributed by atoms with Gasteiger partial charge in [0.25, 0.3) is 0 Å². The van der Waals surface area contributed by atoms with E-state index in [-0.39, 0.29) is 13.0 Å². The van der Waals surface area contributed by atoms with Gasteiger partial charge < -0.3 is 5.11 Å². The molecule has 0 saturated carbocycles. The first kappa shape index (κ1) is 10.2. The fourth-order valence-corrected chi connectivity index (χ4v) is 1.000. The Hall–Kier alpha value is -1.84. The number of nitriles is 1. The Balaban J connectivity index is 2.95. The molecule has 0 bridgehead atoms. The lowest BCUT2D eigenvalue weighted by atomic mass is 10.1. The zero-order valence-electron chi connectivity index (χ0n) is 7.42. The van der Waals surface area contributed by atoms with Gasteiger partial charge in [0.2, 0.25) is 0 Å². The van der Waals surface area contributed by atoms with Gasteiger partial charge in [-0.25, -0.2) is 4.39 Å². The van der Waals surface area contributed by atoms with E-state index in [0.29, 0.717) is 11.1 Å². The Morgan fingerprint density at radius 1 is 1.36 bits per heavy atom. The largest absolute Gasteiger partial charge is 0.392 e. The molecule has 1 aromatic carbocycles. The van der Waals surface area contributed by atoms with Crippen molar-refractivity contribution in [2.24, 2.45) is 0 Å². The van der Waals surface area contributed by atoms with Crippen LogP contribution in [-0.4, -0.2) is 5.11 Å². The molecule has 14 heavy (non-hydrogen) atoms. The van der Waals surface area contributed by atoms with Crippen molar-refractivity contribution in [3.8, 4) is 17.9 Å². The van der Waals surface area contributed by atoms with E-state index in [0.717, 1.165) is 0 Å². The Bertz CT molecular complexity index is 423. The summed E-state index contributed by atoms with van der Waals surface area (Å²) in [5.74, 6) is 4.78. The molecule has 1 N–H and O–H groups in total. The minimum atomic E-state index is -0.433. The third kappa shape index (κ3) is 2.90. The lowest BCUT2D eigenvalue weighted by molar-refractivity contribution is 0.281. The summed E-state index contributed by atoms with van der Waals surface area (Å²) in [6.45, 7) is -0.218. The summed E-state index contributed by atoms with van der Waals surface area (Å²) in [5.41, 5.74) is 0.954. The number of nitrogens with zero attached hydrogens (tertiary/aromatic N) is 1. The third-order valence-corrected chi connectivity index (χ3v) is 1.54. The lowest BCUT2D eigenvalue weighted by Gasteiger charge is -1.97. The van der Waals surface area contributed by atoms with Crippen LogP contribution in [0.4, 0.5) is 4.39 Å². The second kappa shape index (κ2) is 5.01. The quantitative estimate of drug-likeness (QED) is 0.681. The Labute approximate surface area is 81.6 Å². The van der Waals surface area contributed by atoms with Crippen LogP contribution in [0.15, 0.2) is 18.2 Å². The molecule has 1 aromatic rings. The summed E-state index contributed by atoms with van der Waals surface area (Å²) in [6, 6.07) is 5.97. The molecule has 0 aliphatic carbocycles. The summed E-state index contributed by atoms with van der Waals surface area (Å²) in [5, 5.41) is 17.0. The van der Waals surface area contributed by atoms with Gasteiger partial charge in [-0.15, -0.1) is 0 Å². The molecule has 1 rings (SSSR count). The summed E-state index contributed by atoms with van der Waals surface area (Å²) >= 11 is 0. The van der Waals surface area contributed by atoms with Crippen molar-refractivity contribution in [2.75, 3.05) is 0 Å². The van der Waals surface area contributed by atoms with Crippen molar-refractivity contribution in [3.05, 3.63) is 35.1 Å². The van der Waals surface area contributed by atoms with Crippen LogP contribution < -0.4 is 0 Å². The number of benzene rings is 1. The molecule has 0 radical (unpaired) electrons. The van der Waals surface area contributed by atoms with E-state index >= 15 is 0 Å². The minimum absolute atomic E-state index is 0.116. The smallest absolute Gasteiger partial charge is 0.124 e. The minimum Gasteiger partial charge on any atom is -0.392 e. The normalized spacial score (nSPS) is 8.64. The number of hydrogen-bond donors (Lipinski definition) is 1. The van der Waals surface area contributed by atoms with Crippen LogP contribution in [0.1, 0.15) is 17.5 Å². The van der Waals surface area contributed by atoms with E-state index in [4.69, 9.17) is 10.4 Å². The molecule has 0 saturated heterocycles. The highest BCUT2D eigenvalue weighted by Crippen LogP contribution is 2.08. The average Bonchev–Trinajstić information content (AvgIpc) is 2.17. The van der Waals surface area contributed by atoms with Crippen LogP contribution in [0.5, 0.6) is 0 Å². The van der Waals surface area contributed by atoms with Gasteiger partial charge >= 0.3 is 0 Å². The summed E-state index contributed by atoms with van der Waals surface area (Å²) in [7, 11) is 0. The molecule has 0 fully saturated rings. The van der Waals surface area contributed by atoms with Crippen LogP contribution >= 0.6 is 0 Å². The molecule has 0 aromatic heterocycles. The number of hydrogen-bond acceptors (Lipinski definition) is 2. The number of aliphatic hydroxyl groups excluding tert-OH is 1. The van der Waals surface area contributed by atoms with Crippen molar-refractivity contribution < 1.29 is 9.50 Å². The molecule has 0 spiro atoms. The van der Waals surface area contributed by atoms with Gasteiger partial charge in [-0.3, -0.25) is 0 Å². The number of aliphatic hydroxyl groups is 1. The van der Waals surface area contributed by atoms with Gasteiger partial charge in [-0.1, -0.05) is 11.8 Å². The van der Waals surface area contributed by atoms with Gasteiger partial charge in [0.1, 0.15) is 5.82 Å². The fourth-order valence-electron chi connectivity index (χ4n) is 1.000. The zero-order chi connectivity index (χ0) is 10.4. The van der Waals surface area contributed by atoms with Crippen molar-refractivity contribution >= 4 is 0 Å². The standard InChI is InChI=1S/C11H8FNO/c12-11-6-9(3-1-2-4-13)5-10(7-11)8-14/h5-7,14H,2,8H2. The molecule has 0 amide bonds. The van der Waals surface area contributed by atoms with E-state index < -0.39 is 5.82 Å². The van der Waals surface area contributed by atoms with Crippen LogP contribution in [0.25, 0.3) is 0 Å². The maximum Gasteiger partial charge on any atom is 0.124 e. The van der Waals surface area contributed by atoms with Crippen molar-refractivity contribution in [1.82, 2.24) is 0 Å². The molecule has 3 heteroatoms. The predicted molar refractivity (Wildman–Crippen MR) is 49.4 cm³/mol. The highest BCUT2D eigenvalue weighted by Gasteiger charge is 1.97. The maximum atomic E-state index is 12.9. The first-order chi connectivity index (χ1) is 6.76. The molecule has 70 valence electrons. The van der Waals surface area contributed by atoms with E-state index in [1.807, 2.05) is 6.07 Å². The summed E-state index contributed by atoms with van der Waals surface area (Å²) < 4.78 is 12.9. The topological polar surface area (TPSA) is 44.0 Å². The van der Waals surface area contributed by atoms with Crippen LogP contribution in [0.2, 0.25) is 0 Å². The number of halogens is 1. The summed E-state index contributed by atoms with van der Waals surface area (Å²) in [4.78, 5) is 0. The monoisotopic (exact) mass is 189 g/mol. The predicted octanol–water partition coefficient (Wildman–Crippen LogP) is 1.58. The first-order valence-corrected chi connectivity index (χ1v) is 4.02. The van der Waals surface area contributed by atoms with E-state index in [9.17, 15) is 4.39 Å². The fraction of sp³-hybridized carbons (Fsp3) is 0.182. The summed E-state index contributed by atoms with van der Waals surface area (Å²) in [6.07, 6.45) is 0.116. The average molecular weight is 189 g/mol. The molecule has 0 atom stereocenters. The van der Waals surface area contributed by atoms with E-state index in [2.05, 4.69) is 11.8 Å².